The van der Waals surface area contributed by atoms with Crippen molar-refractivity contribution in [2.75, 3.05) is 36.4 Å². The molecule has 0 aliphatic carbocycles. The highest BCUT2D eigenvalue weighted by Crippen LogP contribution is 2.17. The van der Waals surface area contributed by atoms with Crippen LogP contribution in [0.2, 0.25) is 0 Å². The molecule has 0 unspecified atom stereocenters. The van der Waals surface area contributed by atoms with Gasteiger partial charge in [-0.15, -0.1) is 10.2 Å². The molecule has 8 nitrogen and oxygen atoms in total. The normalized spacial score (nSPS) is 14.1. The van der Waals surface area contributed by atoms with Gasteiger partial charge in [-0.05, 0) is 69.2 Å². The Bertz CT molecular complexity index is 1030. The number of carbonyl (C=O) groups is 1. The molecule has 0 radical (unpaired) electrons. The first-order chi connectivity index (χ1) is 14.4. The molecule has 1 fully saturated rings. The molecule has 2 amide bonds. The summed E-state index contributed by atoms with van der Waals surface area (Å²) in [7, 11) is 0. The summed E-state index contributed by atoms with van der Waals surface area (Å²) in [6.07, 6.45) is 0. The van der Waals surface area contributed by atoms with E-state index in [0.29, 0.717) is 32.0 Å². The lowest BCUT2D eigenvalue weighted by Gasteiger charge is -2.35. The molecule has 1 aliphatic rings. The molecule has 1 aliphatic heterocycles. The van der Waals surface area contributed by atoms with E-state index >= 15 is 0 Å². The highest BCUT2D eigenvalue weighted by Gasteiger charge is 2.22. The van der Waals surface area contributed by atoms with Crippen LogP contribution in [0.3, 0.4) is 0 Å². The maximum absolute atomic E-state index is 12.6. The van der Waals surface area contributed by atoms with Gasteiger partial charge in [-0.2, -0.15) is 5.10 Å². The van der Waals surface area contributed by atoms with Gasteiger partial charge >= 0.3 is 6.03 Å². The van der Waals surface area contributed by atoms with E-state index < -0.39 is 0 Å². The van der Waals surface area contributed by atoms with Crippen LogP contribution in [0.5, 0.6) is 0 Å². The van der Waals surface area contributed by atoms with E-state index in [-0.39, 0.29) is 6.03 Å². The third kappa shape index (κ3) is 4.27. The van der Waals surface area contributed by atoms with Crippen molar-refractivity contribution in [2.45, 2.75) is 27.7 Å². The van der Waals surface area contributed by atoms with Crippen molar-refractivity contribution in [2.24, 2.45) is 0 Å². The Morgan fingerprint density at radius 1 is 0.867 bits per heavy atom. The van der Waals surface area contributed by atoms with Gasteiger partial charge < -0.3 is 15.1 Å². The third-order valence-electron chi connectivity index (χ3n) is 5.23. The van der Waals surface area contributed by atoms with E-state index in [1.165, 1.54) is 0 Å². The number of carbonyl (C=O) groups excluding carboxylic acids is 1. The van der Waals surface area contributed by atoms with Crippen molar-refractivity contribution in [3.63, 3.8) is 0 Å². The van der Waals surface area contributed by atoms with Gasteiger partial charge in [0.2, 0.25) is 0 Å². The van der Waals surface area contributed by atoms with Crippen molar-refractivity contribution in [1.82, 2.24) is 24.9 Å². The summed E-state index contributed by atoms with van der Waals surface area (Å²) in [5.74, 6) is 1.52. The summed E-state index contributed by atoms with van der Waals surface area (Å²) in [4.78, 5) is 16.6. The molecule has 0 saturated carbocycles. The first-order valence-electron chi connectivity index (χ1n) is 10.2. The summed E-state index contributed by atoms with van der Waals surface area (Å²) in [6, 6.07) is 11.9. The Balaban J connectivity index is 1.36. The SMILES string of the molecule is Cc1cc(C)cc(NC(=O)N2CCN(c3ccc(-n4nc(C)cc4C)nn3)CC2)c1. The molecule has 1 N–H and O–H groups in total. The molecular weight excluding hydrogens is 378 g/mol. The number of aryl methyl sites for hydroxylation is 4. The number of piperazine rings is 1. The second-order valence-electron chi connectivity index (χ2n) is 7.87. The third-order valence-corrected chi connectivity index (χ3v) is 5.23. The molecule has 3 aromatic rings. The molecule has 0 atom stereocenters. The molecule has 8 heteroatoms. The van der Waals surface area contributed by atoms with E-state index in [4.69, 9.17) is 0 Å². The number of nitrogens with one attached hydrogen (secondary N) is 1. The number of hydrogen-bond donors (Lipinski definition) is 1. The minimum atomic E-state index is -0.0643. The summed E-state index contributed by atoms with van der Waals surface area (Å²) in [5.41, 5.74) is 5.09. The Hall–Kier alpha value is -3.42. The number of nitrogens with zero attached hydrogens (tertiary/aromatic N) is 6. The van der Waals surface area contributed by atoms with Crippen LogP contribution in [0.25, 0.3) is 5.82 Å². The predicted molar refractivity (Wildman–Crippen MR) is 117 cm³/mol. The Labute approximate surface area is 176 Å². The molecule has 4 rings (SSSR count). The molecule has 1 saturated heterocycles. The van der Waals surface area contributed by atoms with Crippen molar-refractivity contribution >= 4 is 17.5 Å². The van der Waals surface area contributed by atoms with E-state index in [9.17, 15) is 4.79 Å². The number of benzene rings is 1. The number of aromatic nitrogens is 4. The van der Waals surface area contributed by atoms with Gasteiger partial charge in [-0.25, -0.2) is 9.48 Å². The van der Waals surface area contributed by atoms with Gasteiger partial charge in [0.25, 0.3) is 0 Å². The summed E-state index contributed by atoms with van der Waals surface area (Å²) in [6.45, 7) is 10.7. The Morgan fingerprint density at radius 3 is 2.07 bits per heavy atom. The van der Waals surface area contributed by atoms with E-state index in [1.807, 2.05) is 62.9 Å². The van der Waals surface area contributed by atoms with Gasteiger partial charge in [0, 0.05) is 37.6 Å². The zero-order chi connectivity index (χ0) is 21.3. The van der Waals surface area contributed by atoms with Crippen LogP contribution in [-0.2, 0) is 0 Å². The standard InChI is InChI=1S/C22H27N7O/c1-15-11-16(2)13-19(12-15)23-22(30)28-9-7-27(8-10-28)20-5-6-21(25-24-20)29-18(4)14-17(3)26-29/h5-6,11-14H,7-10H2,1-4H3,(H,23,30). The lowest BCUT2D eigenvalue weighted by atomic mass is 10.1. The first kappa shape index (κ1) is 19.9. The van der Waals surface area contributed by atoms with Crippen LogP contribution >= 0.6 is 0 Å². The van der Waals surface area contributed by atoms with Crippen LogP contribution in [0.15, 0.2) is 36.4 Å². The first-order valence-corrected chi connectivity index (χ1v) is 10.2. The molecular formula is C22H27N7O. The van der Waals surface area contributed by atoms with Crippen molar-refractivity contribution in [1.29, 1.82) is 0 Å². The molecule has 0 spiro atoms. The fourth-order valence-electron chi connectivity index (χ4n) is 3.85. The van der Waals surface area contributed by atoms with Crippen LogP contribution < -0.4 is 10.2 Å². The average molecular weight is 406 g/mol. The van der Waals surface area contributed by atoms with E-state index in [1.54, 1.807) is 4.68 Å². The molecule has 156 valence electrons. The molecule has 3 heterocycles. The largest absolute Gasteiger partial charge is 0.352 e. The Kier molecular flexibility index (Phi) is 5.39. The monoisotopic (exact) mass is 405 g/mol. The topological polar surface area (TPSA) is 79.2 Å². The van der Waals surface area contributed by atoms with Gasteiger partial charge in [-0.3, -0.25) is 0 Å². The van der Waals surface area contributed by atoms with Crippen molar-refractivity contribution < 1.29 is 4.79 Å². The molecule has 0 bridgehead atoms. The zero-order valence-corrected chi connectivity index (χ0v) is 17.9. The fourth-order valence-corrected chi connectivity index (χ4v) is 3.85. The number of anilines is 2. The van der Waals surface area contributed by atoms with Gasteiger partial charge in [-0.1, -0.05) is 6.07 Å². The van der Waals surface area contributed by atoms with E-state index in [2.05, 4.69) is 31.6 Å². The number of hydrogen-bond acceptors (Lipinski definition) is 5. The quantitative estimate of drug-likeness (QED) is 0.724. The van der Waals surface area contributed by atoms with E-state index in [0.717, 1.165) is 34.0 Å². The lowest BCUT2D eigenvalue weighted by Crippen LogP contribution is -2.50. The second kappa shape index (κ2) is 8.14. The minimum absolute atomic E-state index is 0.0643. The van der Waals surface area contributed by atoms with Crippen LogP contribution in [0.1, 0.15) is 22.5 Å². The summed E-state index contributed by atoms with van der Waals surface area (Å²) >= 11 is 0. The molecule has 2 aromatic heterocycles. The smallest absolute Gasteiger partial charge is 0.321 e. The zero-order valence-electron chi connectivity index (χ0n) is 17.9. The van der Waals surface area contributed by atoms with Crippen LogP contribution in [0, 0.1) is 27.7 Å². The highest BCUT2D eigenvalue weighted by atomic mass is 16.2. The van der Waals surface area contributed by atoms with Gasteiger partial charge in [0.1, 0.15) is 0 Å². The van der Waals surface area contributed by atoms with Gasteiger partial charge in [0.15, 0.2) is 11.6 Å². The summed E-state index contributed by atoms with van der Waals surface area (Å²) in [5, 5.41) is 16.2. The Morgan fingerprint density at radius 2 is 1.50 bits per heavy atom. The maximum Gasteiger partial charge on any atom is 0.321 e. The van der Waals surface area contributed by atoms with Crippen molar-refractivity contribution in [3.05, 3.63) is 58.9 Å². The molecule has 30 heavy (non-hydrogen) atoms. The molecule has 1 aromatic carbocycles. The lowest BCUT2D eigenvalue weighted by molar-refractivity contribution is 0.208. The average Bonchev–Trinajstić information content (AvgIpc) is 3.05. The van der Waals surface area contributed by atoms with Crippen molar-refractivity contribution in [3.8, 4) is 5.82 Å². The fraction of sp³-hybridized carbons (Fsp3) is 0.364. The number of urea groups is 1. The van der Waals surface area contributed by atoms with Crippen LogP contribution in [0.4, 0.5) is 16.3 Å². The second-order valence-corrected chi connectivity index (χ2v) is 7.87. The number of amides is 2. The predicted octanol–water partition coefficient (Wildman–Crippen LogP) is 3.25. The number of rotatable bonds is 3. The summed E-state index contributed by atoms with van der Waals surface area (Å²) < 4.78 is 1.79. The minimum Gasteiger partial charge on any atom is -0.352 e. The maximum atomic E-state index is 12.6. The highest BCUT2D eigenvalue weighted by molar-refractivity contribution is 5.89. The van der Waals surface area contributed by atoms with Crippen LogP contribution in [-0.4, -0.2) is 57.1 Å². The van der Waals surface area contributed by atoms with Gasteiger partial charge in [0.05, 0.1) is 5.69 Å².